The van der Waals surface area contributed by atoms with E-state index in [1.54, 1.807) is 0 Å². The van der Waals surface area contributed by atoms with Crippen LogP contribution in [0, 0.1) is 18.6 Å². The number of aromatic hydroxyl groups is 1. The lowest BCUT2D eigenvalue weighted by Crippen LogP contribution is -1.99. The Morgan fingerprint density at radius 2 is 1.93 bits per heavy atom. The third-order valence-electron chi connectivity index (χ3n) is 2.18. The molecule has 0 saturated heterocycles. The second-order valence-corrected chi connectivity index (χ2v) is 3.10. The van der Waals surface area contributed by atoms with Crippen molar-refractivity contribution < 1.29 is 18.3 Å². The average Bonchev–Trinajstić information content (AvgIpc) is 2.23. The SMILES string of the molecule is Cc1c(F)c(O)c(F)c2oc(=O)ccc12. The van der Waals surface area contributed by atoms with Gasteiger partial charge in [-0.2, -0.15) is 4.39 Å². The second-order valence-electron chi connectivity index (χ2n) is 3.10. The van der Waals surface area contributed by atoms with E-state index in [-0.39, 0.29) is 10.9 Å². The van der Waals surface area contributed by atoms with Gasteiger partial charge in [-0.25, -0.2) is 9.18 Å². The predicted octanol–water partition coefficient (Wildman–Crippen LogP) is 2.09. The summed E-state index contributed by atoms with van der Waals surface area (Å²) in [7, 11) is 0. The van der Waals surface area contributed by atoms with Gasteiger partial charge in [0.25, 0.3) is 0 Å². The lowest BCUT2D eigenvalue weighted by Gasteiger charge is -2.05. The van der Waals surface area contributed by atoms with Crippen molar-refractivity contribution in [3.05, 3.63) is 39.8 Å². The van der Waals surface area contributed by atoms with Crippen LogP contribution in [-0.4, -0.2) is 5.11 Å². The highest BCUT2D eigenvalue weighted by molar-refractivity contribution is 5.82. The van der Waals surface area contributed by atoms with E-state index in [0.29, 0.717) is 0 Å². The molecule has 0 saturated carbocycles. The Morgan fingerprint density at radius 1 is 1.27 bits per heavy atom. The molecule has 0 atom stereocenters. The zero-order valence-corrected chi connectivity index (χ0v) is 7.67. The van der Waals surface area contributed by atoms with E-state index < -0.39 is 28.6 Å². The van der Waals surface area contributed by atoms with Gasteiger partial charge in [-0.1, -0.05) is 0 Å². The van der Waals surface area contributed by atoms with Gasteiger partial charge in [0, 0.05) is 11.5 Å². The largest absolute Gasteiger partial charge is 0.503 e. The fourth-order valence-corrected chi connectivity index (χ4v) is 1.37. The number of benzene rings is 1. The van der Waals surface area contributed by atoms with Crippen LogP contribution in [0.1, 0.15) is 5.56 Å². The zero-order chi connectivity index (χ0) is 11.2. The number of hydrogen-bond acceptors (Lipinski definition) is 3. The molecule has 1 N–H and O–H groups in total. The van der Waals surface area contributed by atoms with Crippen molar-refractivity contribution in [2.75, 3.05) is 0 Å². The first-order valence-electron chi connectivity index (χ1n) is 4.12. The van der Waals surface area contributed by atoms with E-state index in [1.807, 2.05) is 0 Å². The normalized spacial score (nSPS) is 10.9. The number of rotatable bonds is 0. The number of aryl methyl sites for hydroxylation is 1. The Bertz CT molecular complexity index is 602. The minimum absolute atomic E-state index is 0.0349. The van der Waals surface area contributed by atoms with Crippen LogP contribution in [0.15, 0.2) is 21.3 Å². The molecule has 0 aliphatic rings. The van der Waals surface area contributed by atoms with Crippen LogP contribution in [-0.2, 0) is 0 Å². The standard InChI is InChI=1S/C10H6F2O3/c1-4-5-2-3-6(13)15-10(5)8(12)9(14)7(4)11/h2-3,14H,1H3. The molecule has 3 nitrogen and oxygen atoms in total. The van der Waals surface area contributed by atoms with E-state index in [2.05, 4.69) is 4.42 Å². The van der Waals surface area contributed by atoms with Crippen LogP contribution >= 0.6 is 0 Å². The van der Waals surface area contributed by atoms with Gasteiger partial charge in [-0.15, -0.1) is 0 Å². The molecule has 0 bridgehead atoms. The van der Waals surface area contributed by atoms with Crippen molar-refractivity contribution in [2.24, 2.45) is 0 Å². The van der Waals surface area contributed by atoms with Crippen LogP contribution in [0.5, 0.6) is 5.75 Å². The minimum atomic E-state index is -1.26. The summed E-state index contributed by atoms with van der Waals surface area (Å²) in [6.45, 7) is 1.36. The molecule has 0 aliphatic heterocycles. The maximum atomic E-state index is 13.3. The molecule has 1 aromatic carbocycles. The summed E-state index contributed by atoms with van der Waals surface area (Å²) in [6, 6.07) is 2.31. The fraction of sp³-hybridized carbons (Fsp3) is 0.100. The van der Waals surface area contributed by atoms with Gasteiger partial charge in [0.1, 0.15) is 0 Å². The van der Waals surface area contributed by atoms with Gasteiger partial charge in [-0.3, -0.25) is 0 Å². The zero-order valence-electron chi connectivity index (χ0n) is 7.67. The summed E-state index contributed by atoms with van der Waals surface area (Å²) in [5, 5.41) is 9.19. The average molecular weight is 212 g/mol. The molecule has 2 rings (SSSR count). The van der Waals surface area contributed by atoms with Gasteiger partial charge in [0.2, 0.25) is 5.82 Å². The molecule has 1 heterocycles. The molecule has 1 aromatic heterocycles. The molecule has 2 aromatic rings. The molecule has 0 fully saturated rings. The Kier molecular flexibility index (Phi) is 1.96. The first-order valence-corrected chi connectivity index (χ1v) is 4.12. The molecule has 0 radical (unpaired) electrons. The number of halogens is 2. The van der Waals surface area contributed by atoms with Gasteiger partial charge < -0.3 is 9.52 Å². The van der Waals surface area contributed by atoms with E-state index >= 15 is 0 Å². The van der Waals surface area contributed by atoms with Crippen molar-refractivity contribution in [3.8, 4) is 5.75 Å². The maximum absolute atomic E-state index is 13.3. The van der Waals surface area contributed by atoms with Crippen LogP contribution < -0.4 is 5.63 Å². The third kappa shape index (κ3) is 1.27. The molecule has 0 aliphatic carbocycles. The highest BCUT2D eigenvalue weighted by Gasteiger charge is 2.18. The lowest BCUT2D eigenvalue weighted by atomic mass is 10.1. The molecule has 78 valence electrons. The monoisotopic (exact) mass is 212 g/mol. The summed E-state index contributed by atoms with van der Waals surface area (Å²) < 4.78 is 31.1. The number of phenolic OH excluding ortho intramolecular Hbond substituents is 1. The summed E-state index contributed by atoms with van der Waals surface area (Å²) >= 11 is 0. The molecule has 0 amide bonds. The smallest absolute Gasteiger partial charge is 0.336 e. The highest BCUT2D eigenvalue weighted by Crippen LogP contribution is 2.31. The summed E-state index contributed by atoms with van der Waals surface area (Å²) in [5.74, 6) is -3.44. The Balaban J connectivity index is 3.07. The van der Waals surface area contributed by atoms with Gasteiger partial charge in [0.05, 0.1) is 0 Å². The first-order chi connectivity index (χ1) is 7.02. The topological polar surface area (TPSA) is 50.4 Å². The van der Waals surface area contributed by atoms with Crippen LogP contribution in [0.4, 0.5) is 8.78 Å². The van der Waals surface area contributed by atoms with Gasteiger partial charge in [0.15, 0.2) is 17.1 Å². The van der Waals surface area contributed by atoms with Crippen molar-refractivity contribution in [1.82, 2.24) is 0 Å². The quantitative estimate of drug-likeness (QED) is 0.680. The minimum Gasteiger partial charge on any atom is -0.503 e. The molecule has 0 unspecified atom stereocenters. The van der Waals surface area contributed by atoms with Crippen LogP contribution in [0.3, 0.4) is 0 Å². The van der Waals surface area contributed by atoms with Crippen molar-refractivity contribution in [1.29, 1.82) is 0 Å². The predicted molar refractivity (Wildman–Crippen MR) is 48.8 cm³/mol. The van der Waals surface area contributed by atoms with Crippen molar-refractivity contribution in [2.45, 2.75) is 6.92 Å². The number of phenols is 1. The van der Waals surface area contributed by atoms with Crippen molar-refractivity contribution >= 4 is 11.0 Å². The summed E-state index contributed by atoms with van der Waals surface area (Å²) in [4.78, 5) is 10.8. The summed E-state index contributed by atoms with van der Waals surface area (Å²) in [5.41, 5.74) is -1.15. The molecular formula is C10H6F2O3. The van der Waals surface area contributed by atoms with Crippen LogP contribution in [0.2, 0.25) is 0 Å². The maximum Gasteiger partial charge on any atom is 0.336 e. The second kappa shape index (κ2) is 3.05. The first kappa shape index (κ1) is 9.64. The van der Waals surface area contributed by atoms with Crippen molar-refractivity contribution in [3.63, 3.8) is 0 Å². The lowest BCUT2D eigenvalue weighted by molar-refractivity contribution is 0.390. The van der Waals surface area contributed by atoms with Gasteiger partial charge in [-0.05, 0) is 18.6 Å². The molecule has 0 spiro atoms. The van der Waals surface area contributed by atoms with E-state index in [9.17, 15) is 13.6 Å². The van der Waals surface area contributed by atoms with Gasteiger partial charge >= 0.3 is 5.63 Å². The summed E-state index contributed by atoms with van der Waals surface area (Å²) in [6.07, 6.45) is 0. The molecule has 5 heteroatoms. The Labute approximate surface area is 82.6 Å². The number of fused-ring (bicyclic) bond motifs is 1. The molecule has 15 heavy (non-hydrogen) atoms. The van der Waals surface area contributed by atoms with Crippen LogP contribution in [0.25, 0.3) is 11.0 Å². The van der Waals surface area contributed by atoms with E-state index in [1.165, 1.54) is 13.0 Å². The number of hydrogen-bond donors (Lipinski definition) is 1. The van der Waals surface area contributed by atoms with E-state index in [0.717, 1.165) is 6.07 Å². The Morgan fingerprint density at radius 3 is 2.60 bits per heavy atom. The fourth-order valence-electron chi connectivity index (χ4n) is 1.37. The highest BCUT2D eigenvalue weighted by atomic mass is 19.1. The molecular weight excluding hydrogens is 206 g/mol. The third-order valence-corrected chi connectivity index (χ3v) is 2.18. The Hall–Kier alpha value is -1.91. The van der Waals surface area contributed by atoms with E-state index in [4.69, 9.17) is 5.11 Å².